The van der Waals surface area contributed by atoms with E-state index in [0.29, 0.717) is 50.7 Å². The number of aromatic nitrogens is 1. The van der Waals surface area contributed by atoms with Crippen molar-refractivity contribution in [1.29, 1.82) is 0 Å². The average molecular weight is 555 g/mol. The molecule has 196 valence electrons. The highest BCUT2D eigenvalue weighted by Gasteiger charge is 2.12. The number of carbonyl (C=O) groups excluding carboxylic acids is 1. The van der Waals surface area contributed by atoms with Crippen LogP contribution in [0.25, 0.3) is 11.1 Å². The summed E-state index contributed by atoms with van der Waals surface area (Å²) in [5, 5.41) is 3.39. The van der Waals surface area contributed by atoms with Crippen molar-refractivity contribution >= 4 is 34.8 Å². The molecule has 6 nitrogen and oxygen atoms in total. The lowest BCUT2D eigenvalue weighted by atomic mass is 10.0. The molecule has 38 heavy (non-hydrogen) atoms. The number of hydrogen-bond donors (Lipinski definition) is 1. The SMILES string of the molecule is CCOc1cc(OC)ccc1COc1cncc(-c2ccc(CC(=O)Nc3ccc(Cl)c(Cl)c3)c(F)c2)c1. The molecule has 3 aromatic carbocycles. The van der Waals surface area contributed by atoms with E-state index < -0.39 is 5.82 Å². The van der Waals surface area contributed by atoms with Gasteiger partial charge in [0.05, 0.1) is 36.4 Å². The summed E-state index contributed by atoms with van der Waals surface area (Å²) in [6.07, 6.45) is 3.07. The van der Waals surface area contributed by atoms with Gasteiger partial charge in [-0.1, -0.05) is 35.3 Å². The van der Waals surface area contributed by atoms with Crippen molar-refractivity contribution in [1.82, 2.24) is 4.98 Å². The Kier molecular flexibility index (Phi) is 9.05. The van der Waals surface area contributed by atoms with Gasteiger partial charge in [0.25, 0.3) is 0 Å². The zero-order valence-electron chi connectivity index (χ0n) is 20.8. The first-order valence-electron chi connectivity index (χ1n) is 11.8. The van der Waals surface area contributed by atoms with Crippen LogP contribution in [0.4, 0.5) is 10.1 Å². The maximum Gasteiger partial charge on any atom is 0.228 e. The number of benzene rings is 3. The first-order chi connectivity index (χ1) is 18.4. The van der Waals surface area contributed by atoms with Crippen molar-refractivity contribution in [2.45, 2.75) is 20.0 Å². The standard InChI is InChI=1S/C29H25Cl2FN2O4/c1-3-37-28-14-23(36-2)8-6-20(28)17-38-24-10-21(15-33-16-24)18-4-5-19(27(32)11-18)12-29(35)34-22-7-9-25(30)26(31)13-22/h4-11,13-16H,3,12,17H2,1-2H3,(H,34,35). The number of halogens is 3. The summed E-state index contributed by atoms with van der Waals surface area (Å²) in [5.74, 6) is 1.01. The highest BCUT2D eigenvalue weighted by Crippen LogP contribution is 2.29. The molecule has 0 saturated heterocycles. The lowest BCUT2D eigenvalue weighted by Gasteiger charge is -2.13. The number of pyridine rings is 1. The summed E-state index contributed by atoms with van der Waals surface area (Å²) in [7, 11) is 1.60. The van der Waals surface area contributed by atoms with E-state index in [1.807, 2.05) is 25.1 Å². The van der Waals surface area contributed by atoms with Crippen LogP contribution in [-0.4, -0.2) is 24.6 Å². The van der Waals surface area contributed by atoms with E-state index in [4.69, 9.17) is 37.4 Å². The van der Waals surface area contributed by atoms with Crippen LogP contribution in [-0.2, 0) is 17.8 Å². The molecule has 0 saturated carbocycles. The fraction of sp³-hybridized carbons (Fsp3) is 0.172. The Balaban J connectivity index is 1.43. The number of hydrogen-bond acceptors (Lipinski definition) is 5. The second-order valence-electron chi connectivity index (χ2n) is 8.26. The lowest BCUT2D eigenvalue weighted by molar-refractivity contribution is -0.115. The van der Waals surface area contributed by atoms with E-state index in [2.05, 4.69) is 10.3 Å². The number of amides is 1. The van der Waals surface area contributed by atoms with Crippen molar-refractivity contribution in [3.05, 3.63) is 100 Å². The maximum atomic E-state index is 14.9. The van der Waals surface area contributed by atoms with Gasteiger partial charge in [-0.15, -0.1) is 0 Å². The normalized spacial score (nSPS) is 10.7. The van der Waals surface area contributed by atoms with Crippen molar-refractivity contribution < 1.29 is 23.4 Å². The van der Waals surface area contributed by atoms with Crippen molar-refractivity contribution in [3.8, 4) is 28.4 Å². The molecule has 0 aliphatic heterocycles. The summed E-state index contributed by atoms with van der Waals surface area (Å²) >= 11 is 11.9. The number of anilines is 1. The molecule has 0 atom stereocenters. The molecule has 1 heterocycles. The fourth-order valence-electron chi connectivity index (χ4n) is 3.71. The molecule has 0 bridgehead atoms. The summed E-state index contributed by atoms with van der Waals surface area (Å²) in [5.41, 5.74) is 2.87. The number of rotatable bonds is 10. The van der Waals surface area contributed by atoms with Crippen molar-refractivity contribution in [2.24, 2.45) is 0 Å². The fourth-order valence-corrected chi connectivity index (χ4v) is 4.01. The second-order valence-corrected chi connectivity index (χ2v) is 9.08. The molecule has 0 aliphatic rings. The Morgan fingerprint density at radius 2 is 1.71 bits per heavy atom. The van der Waals surface area contributed by atoms with Crippen LogP contribution in [0.15, 0.2) is 73.1 Å². The Bertz CT molecular complexity index is 1450. The Morgan fingerprint density at radius 1 is 0.895 bits per heavy atom. The van der Waals surface area contributed by atoms with E-state index in [-0.39, 0.29) is 24.5 Å². The Hall–Kier alpha value is -3.81. The third-order valence-corrected chi connectivity index (χ3v) is 6.36. The first-order valence-corrected chi connectivity index (χ1v) is 12.5. The largest absolute Gasteiger partial charge is 0.497 e. The van der Waals surface area contributed by atoms with Crippen LogP contribution in [0, 0.1) is 5.82 Å². The lowest BCUT2D eigenvalue weighted by Crippen LogP contribution is -2.15. The summed E-state index contributed by atoms with van der Waals surface area (Å²) < 4.78 is 31.8. The number of ether oxygens (including phenoxy) is 3. The van der Waals surface area contributed by atoms with Gasteiger partial charge in [0.2, 0.25) is 5.91 Å². The van der Waals surface area contributed by atoms with E-state index in [1.54, 1.807) is 49.8 Å². The molecule has 4 aromatic rings. The number of nitrogens with zero attached hydrogens (tertiary/aromatic N) is 1. The minimum atomic E-state index is -0.502. The quantitative estimate of drug-likeness (QED) is 0.221. The molecule has 0 unspecified atom stereocenters. The van der Waals surface area contributed by atoms with E-state index >= 15 is 0 Å². The van der Waals surface area contributed by atoms with Crippen LogP contribution in [0.3, 0.4) is 0 Å². The highest BCUT2D eigenvalue weighted by molar-refractivity contribution is 6.42. The molecular weight excluding hydrogens is 530 g/mol. The molecule has 0 spiro atoms. The first kappa shape index (κ1) is 27.2. The number of methoxy groups -OCH3 is 1. The van der Waals surface area contributed by atoms with Crippen LogP contribution >= 0.6 is 23.2 Å². The minimum absolute atomic E-state index is 0.141. The Morgan fingerprint density at radius 3 is 2.45 bits per heavy atom. The molecule has 1 amide bonds. The molecule has 1 aromatic heterocycles. The zero-order chi connectivity index (χ0) is 27.1. The molecule has 9 heteroatoms. The third-order valence-electron chi connectivity index (χ3n) is 5.62. The van der Waals surface area contributed by atoms with Crippen LogP contribution in [0.2, 0.25) is 10.0 Å². The molecule has 0 fully saturated rings. The van der Waals surface area contributed by atoms with Crippen LogP contribution < -0.4 is 19.5 Å². The van der Waals surface area contributed by atoms with E-state index in [0.717, 1.165) is 5.56 Å². The molecule has 1 N–H and O–H groups in total. The van der Waals surface area contributed by atoms with Gasteiger partial charge >= 0.3 is 0 Å². The second kappa shape index (κ2) is 12.6. The molecular formula is C29H25Cl2FN2O4. The summed E-state index contributed by atoms with van der Waals surface area (Å²) in [4.78, 5) is 16.7. The van der Waals surface area contributed by atoms with Crippen molar-refractivity contribution in [2.75, 3.05) is 19.0 Å². The average Bonchev–Trinajstić information content (AvgIpc) is 2.91. The van der Waals surface area contributed by atoms with Gasteiger partial charge < -0.3 is 19.5 Å². The predicted molar refractivity (Wildman–Crippen MR) is 147 cm³/mol. The van der Waals surface area contributed by atoms with Gasteiger partial charge in [-0.2, -0.15) is 0 Å². The van der Waals surface area contributed by atoms with Crippen molar-refractivity contribution in [3.63, 3.8) is 0 Å². The summed E-state index contributed by atoms with van der Waals surface area (Å²) in [6.45, 7) is 2.67. The highest BCUT2D eigenvalue weighted by atomic mass is 35.5. The summed E-state index contributed by atoms with van der Waals surface area (Å²) in [6, 6.07) is 16.7. The third kappa shape index (κ3) is 6.94. The van der Waals surface area contributed by atoms with Crippen LogP contribution in [0.1, 0.15) is 18.1 Å². The minimum Gasteiger partial charge on any atom is -0.497 e. The van der Waals surface area contributed by atoms with Gasteiger partial charge in [-0.05, 0) is 60.5 Å². The molecule has 0 radical (unpaired) electrons. The van der Waals surface area contributed by atoms with Gasteiger partial charge in [-0.3, -0.25) is 9.78 Å². The van der Waals surface area contributed by atoms with E-state index in [9.17, 15) is 9.18 Å². The monoisotopic (exact) mass is 554 g/mol. The Labute approximate surface area is 230 Å². The molecule has 4 rings (SSSR count). The maximum absolute atomic E-state index is 14.9. The predicted octanol–water partition coefficient (Wildman–Crippen LogP) is 7.36. The van der Waals surface area contributed by atoms with Crippen LogP contribution in [0.5, 0.6) is 17.2 Å². The number of nitrogens with one attached hydrogen (secondary N) is 1. The topological polar surface area (TPSA) is 69.7 Å². The van der Waals surface area contributed by atoms with Gasteiger partial charge in [0.15, 0.2) is 0 Å². The molecule has 0 aliphatic carbocycles. The van der Waals surface area contributed by atoms with Gasteiger partial charge in [0.1, 0.15) is 29.7 Å². The smallest absolute Gasteiger partial charge is 0.228 e. The van der Waals surface area contributed by atoms with Gasteiger partial charge in [-0.25, -0.2) is 4.39 Å². The van der Waals surface area contributed by atoms with Gasteiger partial charge in [0, 0.05) is 29.1 Å². The van der Waals surface area contributed by atoms with E-state index in [1.165, 1.54) is 12.1 Å². The zero-order valence-corrected chi connectivity index (χ0v) is 22.3. The number of carbonyl (C=O) groups is 1.